The quantitative estimate of drug-likeness (QED) is 0.653. The van der Waals surface area contributed by atoms with Crippen molar-refractivity contribution < 1.29 is 4.74 Å². The molecule has 0 aliphatic carbocycles. The first-order valence-electron chi connectivity index (χ1n) is 4.35. The Morgan fingerprint density at radius 3 is 2.00 bits per heavy atom. The van der Waals surface area contributed by atoms with Gasteiger partial charge in [-0.05, 0) is 38.8 Å². The van der Waals surface area contributed by atoms with Gasteiger partial charge in [0.1, 0.15) is 5.75 Å². The van der Waals surface area contributed by atoms with E-state index in [1.165, 1.54) is 16.7 Å². The molecule has 1 nitrogen and oxygen atoms in total. The van der Waals surface area contributed by atoms with E-state index in [4.69, 9.17) is 4.74 Å². The van der Waals surface area contributed by atoms with Crippen LogP contribution in [0.2, 0.25) is 0 Å². The van der Waals surface area contributed by atoms with Gasteiger partial charge in [-0.1, -0.05) is 17.7 Å². The van der Waals surface area contributed by atoms with Gasteiger partial charge in [-0.15, -0.1) is 0 Å². The smallest absolute Gasteiger partial charge is 0.125 e. The lowest BCUT2D eigenvalue weighted by Gasteiger charge is -2.10. The van der Waals surface area contributed by atoms with Crippen LogP contribution < -0.4 is 4.74 Å². The number of benzene rings is 1. The van der Waals surface area contributed by atoms with Crippen molar-refractivity contribution >= 4 is 0 Å². The molecule has 0 aromatic heterocycles. The molecule has 0 atom stereocenters. The highest BCUT2D eigenvalue weighted by Crippen LogP contribution is 2.24. The Balaban J connectivity index is 3.10. The summed E-state index contributed by atoms with van der Waals surface area (Å²) in [5, 5.41) is 0. The van der Waals surface area contributed by atoms with Gasteiger partial charge in [-0.3, -0.25) is 0 Å². The second kappa shape index (κ2) is 3.61. The van der Waals surface area contributed by atoms with Crippen molar-refractivity contribution in [2.45, 2.75) is 27.7 Å². The molecule has 0 amide bonds. The molecule has 0 spiro atoms. The Labute approximate surface area is 74.4 Å². The third-order valence-electron chi connectivity index (χ3n) is 1.89. The lowest BCUT2D eigenvalue weighted by molar-refractivity contribution is 0.335. The van der Waals surface area contributed by atoms with Crippen molar-refractivity contribution in [3.05, 3.63) is 28.8 Å². The van der Waals surface area contributed by atoms with E-state index in [1.807, 2.05) is 6.92 Å². The maximum atomic E-state index is 5.52. The van der Waals surface area contributed by atoms with Crippen LogP contribution in [0.4, 0.5) is 0 Å². The van der Waals surface area contributed by atoms with Crippen molar-refractivity contribution in [3.63, 3.8) is 0 Å². The molecule has 0 heterocycles. The fraction of sp³-hybridized carbons (Fsp3) is 0.455. The Bertz CT molecular complexity index is 253. The van der Waals surface area contributed by atoms with E-state index in [0.29, 0.717) is 0 Å². The largest absolute Gasteiger partial charge is 0.493 e. The molecule has 0 saturated carbocycles. The fourth-order valence-electron chi connectivity index (χ4n) is 1.54. The topological polar surface area (TPSA) is 9.23 Å². The summed E-state index contributed by atoms with van der Waals surface area (Å²) in [6.45, 7) is 9.04. The van der Waals surface area contributed by atoms with Gasteiger partial charge in [0, 0.05) is 0 Å². The van der Waals surface area contributed by atoms with E-state index in [9.17, 15) is 0 Å². The molecule has 0 radical (unpaired) electrons. The summed E-state index contributed by atoms with van der Waals surface area (Å²) >= 11 is 0. The van der Waals surface area contributed by atoms with Gasteiger partial charge in [0.05, 0.1) is 6.61 Å². The van der Waals surface area contributed by atoms with E-state index in [-0.39, 0.29) is 0 Å². The molecule has 0 saturated heterocycles. The van der Waals surface area contributed by atoms with Crippen LogP contribution in [0.15, 0.2) is 12.1 Å². The summed E-state index contributed by atoms with van der Waals surface area (Å²) in [6, 6.07) is 4.30. The van der Waals surface area contributed by atoms with Crippen LogP contribution in [0, 0.1) is 20.8 Å². The van der Waals surface area contributed by atoms with E-state index in [0.717, 1.165) is 12.4 Å². The maximum absolute atomic E-state index is 5.52. The van der Waals surface area contributed by atoms with E-state index >= 15 is 0 Å². The van der Waals surface area contributed by atoms with Crippen LogP contribution in [-0.2, 0) is 0 Å². The summed E-state index contributed by atoms with van der Waals surface area (Å²) in [5.74, 6) is 1.04. The molecule has 0 aliphatic heterocycles. The van der Waals surface area contributed by atoms with Gasteiger partial charge >= 0.3 is 0 Å². The molecule has 1 heteroatoms. The van der Waals surface area contributed by atoms with Gasteiger partial charge < -0.3 is 4.74 Å². The predicted octanol–water partition coefficient (Wildman–Crippen LogP) is 3.01. The van der Waals surface area contributed by atoms with E-state index < -0.39 is 0 Å². The maximum Gasteiger partial charge on any atom is 0.125 e. The van der Waals surface area contributed by atoms with Gasteiger partial charge in [0.15, 0.2) is 0 Å². The monoisotopic (exact) mass is 164 g/mol. The number of hydrogen-bond donors (Lipinski definition) is 0. The lowest BCUT2D eigenvalue weighted by atomic mass is 10.1. The molecule has 12 heavy (non-hydrogen) atoms. The first-order chi connectivity index (χ1) is 5.65. The normalized spacial score (nSPS) is 10.0. The highest BCUT2D eigenvalue weighted by atomic mass is 16.5. The van der Waals surface area contributed by atoms with Gasteiger partial charge in [-0.25, -0.2) is 0 Å². The summed E-state index contributed by atoms with van der Waals surface area (Å²) < 4.78 is 5.52. The molecule has 0 unspecified atom stereocenters. The lowest BCUT2D eigenvalue weighted by Crippen LogP contribution is -1.96. The second-order valence-corrected chi connectivity index (χ2v) is 3.16. The van der Waals surface area contributed by atoms with Crippen molar-refractivity contribution in [1.29, 1.82) is 0 Å². The highest BCUT2D eigenvalue weighted by Gasteiger charge is 2.02. The molecule has 66 valence electrons. The third-order valence-corrected chi connectivity index (χ3v) is 1.89. The van der Waals surface area contributed by atoms with Crippen LogP contribution in [0.3, 0.4) is 0 Å². The molecule has 0 aliphatic rings. The summed E-state index contributed by atoms with van der Waals surface area (Å²) in [4.78, 5) is 0. The molecular formula is C11H16O. The first-order valence-corrected chi connectivity index (χ1v) is 4.35. The molecule has 1 aromatic rings. The zero-order valence-electron chi connectivity index (χ0n) is 8.27. The minimum absolute atomic E-state index is 0.741. The zero-order chi connectivity index (χ0) is 9.14. The van der Waals surface area contributed by atoms with Crippen LogP contribution >= 0.6 is 0 Å². The summed E-state index contributed by atoms with van der Waals surface area (Å²) in [7, 11) is 0. The minimum atomic E-state index is 0.741. The highest BCUT2D eigenvalue weighted by molar-refractivity contribution is 5.42. The number of rotatable bonds is 2. The van der Waals surface area contributed by atoms with Crippen molar-refractivity contribution in [3.8, 4) is 5.75 Å². The SMILES string of the molecule is CCOc1c(C)cc(C)cc1C. The molecular weight excluding hydrogens is 148 g/mol. The van der Waals surface area contributed by atoms with Crippen molar-refractivity contribution in [2.75, 3.05) is 6.61 Å². The Morgan fingerprint density at radius 1 is 1.08 bits per heavy atom. The standard InChI is InChI=1S/C11H16O/c1-5-12-11-9(3)6-8(2)7-10(11)4/h6-7H,5H2,1-4H3. The van der Waals surface area contributed by atoms with Crippen LogP contribution in [0.1, 0.15) is 23.6 Å². The summed E-state index contributed by atoms with van der Waals surface area (Å²) in [5.41, 5.74) is 3.76. The number of ether oxygens (including phenoxy) is 1. The number of aryl methyl sites for hydroxylation is 3. The molecule has 1 aromatic carbocycles. The Morgan fingerprint density at radius 2 is 1.58 bits per heavy atom. The van der Waals surface area contributed by atoms with Crippen molar-refractivity contribution in [2.24, 2.45) is 0 Å². The molecule has 0 fully saturated rings. The summed E-state index contributed by atoms with van der Waals surface area (Å²) in [6.07, 6.45) is 0. The average Bonchev–Trinajstić information content (AvgIpc) is 1.96. The predicted molar refractivity (Wildman–Crippen MR) is 51.8 cm³/mol. The molecule has 1 rings (SSSR count). The third kappa shape index (κ3) is 1.79. The molecule has 0 bridgehead atoms. The van der Waals surface area contributed by atoms with Gasteiger partial charge in [-0.2, -0.15) is 0 Å². The van der Waals surface area contributed by atoms with Crippen LogP contribution in [0.25, 0.3) is 0 Å². The molecule has 0 N–H and O–H groups in total. The second-order valence-electron chi connectivity index (χ2n) is 3.16. The minimum Gasteiger partial charge on any atom is -0.493 e. The van der Waals surface area contributed by atoms with Crippen LogP contribution in [-0.4, -0.2) is 6.61 Å². The first kappa shape index (κ1) is 9.11. The van der Waals surface area contributed by atoms with Crippen molar-refractivity contribution in [1.82, 2.24) is 0 Å². The zero-order valence-corrected chi connectivity index (χ0v) is 8.27. The van der Waals surface area contributed by atoms with E-state index in [2.05, 4.69) is 32.9 Å². The Hall–Kier alpha value is -0.980. The average molecular weight is 164 g/mol. The number of hydrogen-bond acceptors (Lipinski definition) is 1. The van der Waals surface area contributed by atoms with Gasteiger partial charge in [0.2, 0.25) is 0 Å². The van der Waals surface area contributed by atoms with Crippen LogP contribution in [0.5, 0.6) is 5.75 Å². The van der Waals surface area contributed by atoms with Gasteiger partial charge in [0.25, 0.3) is 0 Å². The Kier molecular flexibility index (Phi) is 2.74. The van der Waals surface area contributed by atoms with E-state index in [1.54, 1.807) is 0 Å². The fourth-order valence-corrected chi connectivity index (χ4v) is 1.54.